The predicted octanol–water partition coefficient (Wildman–Crippen LogP) is 2.86. The number of fused-ring (bicyclic) bond motifs is 1. The molecule has 0 fully saturated rings. The van der Waals surface area contributed by atoms with E-state index in [2.05, 4.69) is 11.1 Å². The minimum Gasteiger partial charge on any atom is -0.490 e. The molecule has 1 heterocycles. The molecule has 116 valence electrons. The highest BCUT2D eigenvalue weighted by Crippen LogP contribution is 2.24. The Kier molecular flexibility index (Phi) is 4.46. The van der Waals surface area contributed by atoms with Gasteiger partial charge < -0.3 is 19.6 Å². The zero-order valence-electron chi connectivity index (χ0n) is 12.4. The van der Waals surface area contributed by atoms with Crippen molar-refractivity contribution in [3.05, 3.63) is 60.3 Å². The lowest BCUT2D eigenvalue weighted by Gasteiger charge is -2.14. The highest BCUT2D eigenvalue weighted by molar-refractivity contribution is 5.85. The van der Waals surface area contributed by atoms with Crippen LogP contribution in [0.3, 0.4) is 0 Å². The number of nitrogens with zero attached hydrogens (tertiary/aromatic N) is 1. The molecule has 1 aromatic heterocycles. The van der Waals surface area contributed by atoms with E-state index in [1.165, 1.54) is 0 Å². The summed E-state index contributed by atoms with van der Waals surface area (Å²) in [5.41, 5.74) is 1.42. The molecule has 0 spiro atoms. The molecule has 5 heteroatoms. The van der Waals surface area contributed by atoms with Gasteiger partial charge in [0.1, 0.15) is 36.9 Å². The number of benzene rings is 2. The molecule has 2 aromatic carbocycles. The number of nitriles is 1. The van der Waals surface area contributed by atoms with E-state index >= 15 is 0 Å². The van der Waals surface area contributed by atoms with Crippen LogP contribution in [0.2, 0.25) is 0 Å². The number of aromatic amines is 1. The van der Waals surface area contributed by atoms with Crippen molar-refractivity contribution >= 4 is 10.9 Å². The predicted molar refractivity (Wildman–Crippen MR) is 86.5 cm³/mol. The minimum atomic E-state index is -0.795. The van der Waals surface area contributed by atoms with Crippen LogP contribution < -0.4 is 9.47 Å². The lowest BCUT2D eigenvalue weighted by Crippen LogP contribution is -2.25. The summed E-state index contributed by atoms with van der Waals surface area (Å²) in [5, 5.41) is 20.0. The van der Waals surface area contributed by atoms with Crippen LogP contribution >= 0.6 is 0 Å². The van der Waals surface area contributed by atoms with Crippen LogP contribution in [0, 0.1) is 11.3 Å². The molecule has 0 unspecified atom stereocenters. The first kappa shape index (κ1) is 14.9. The van der Waals surface area contributed by atoms with Gasteiger partial charge >= 0.3 is 0 Å². The van der Waals surface area contributed by atoms with E-state index in [1.807, 2.05) is 30.5 Å². The van der Waals surface area contributed by atoms with Crippen LogP contribution in [-0.4, -0.2) is 29.4 Å². The van der Waals surface area contributed by atoms with Crippen molar-refractivity contribution in [2.24, 2.45) is 0 Å². The van der Waals surface area contributed by atoms with Crippen molar-refractivity contribution in [2.75, 3.05) is 13.2 Å². The number of ether oxygens (including phenoxy) is 2. The minimum absolute atomic E-state index is 0.0573. The molecule has 23 heavy (non-hydrogen) atoms. The molecular formula is C18H16N2O3. The van der Waals surface area contributed by atoms with Crippen LogP contribution in [0.25, 0.3) is 10.9 Å². The van der Waals surface area contributed by atoms with Crippen LogP contribution in [0.1, 0.15) is 5.56 Å². The van der Waals surface area contributed by atoms with Crippen LogP contribution in [0.15, 0.2) is 54.7 Å². The van der Waals surface area contributed by atoms with E-state index < -0.39 is 6.10 Å². The van der Waals surface area contributed by atoms with Crippen LogP contribution in [0.4, 0.5) is 0 Å². The lowest BCUT2D eigenvalue weighted by molar-refractivity contribution is 0.0631. The molecule has 3 aromatic rings. The van der Waals surface area contributed by atoms with E-state index in [9.17, 15) is 5.11 Å². The average molecular weight is 308 g/mol. The Morgan fingerprint density at radius 1 is 1.00 bits per heavy atom. The first-order valence-electron chi connectivity index (χ1n) is 7.27. The Morgan fingerprint density at radius 2 is 1.74 bits per heavy atom. The molecule has 5 nitrogen and oxygen atoms in total. The highest BCUT2D eigenvalue weighted by Gasteiger charge is 2.10. The largest absolute Gasteiger partial charge is 0.490 e. The van der Waals surface area contributed by atoms with E-state index in [0.717, 1.165) is 10.9 Å². The summed E-state index contributed by atoms with van der Waals surface area (Å²) in [7, 11) is 0. The molecule has 0 saturated heterocycles. The zero-order chi connectivity index (χ0) is 16.1. The van der Waals surface area contributed by atoms with Gasteiger partial charge in [-0.2, -0.15) is 5.26 Å². The summed E-state index contributed by atoms with van der Waals surface area (Å²) in [5.74, 6) is 1.17. The summed E-state index contributed by atoms with van der Waals surface area (Å²) in [6.07, 6.45) is 1.05. The third-order valence-corrected chi connectivity index (χ3v) is 3.42. The molecule has 0 amide bonds. The molecule has 0 aliphatic heterocycles. The maximum Gasteiger partial charge on any atom is 0.137 e. The fourth-order valence-electron chi connectivity index (χ4n) is 2.29. The van der Waals surface area contributed by atoms with Gasteiger partial charge in [0.05, 0.1) is 5.56 Å². The quantitative estimate of drug-likeness (QED) is 0.734. The molecule has 0 saturated carbocycles. The van der Waals surface area contributed by atoms with Gasteiger partial charge in [0.25, 0.3) is 0 Å². The van der Waals surface area contributed by atoms with Gasteiger partial charge in [-0.3, -0.25) is 0 Å². The SMILES string of the molecule is N#Cc1ccccc1OC[C@H](O)COc1cccc2[nH]ccc12. The van der Waals surface area contributed by atoms with E-state index in [-0.39, 0.29) is 13.2 Å². The number of hydrogen-bond acceptors (Lipinski definition) is 4. The summed E-state index contributed by atoms with van der Waals surface area (Å²) in [6.45, 7) is 0.167. The number of hydrogen-bond donors (Lipinski definition) is 2. The Labute approximate surface area is 133 Å². The number of H-pyrrole nitrogens is 1. The number of para-hydroxylation sites is 1. The summed E-state index contributed by atoms with van der Waals surface area (Å²) >= 11 is 0. The third-order valence-electron chi connectivity index (χ3n) is 3.42. The molecular weight excluding hydrogens is 292 g/mol. The van der Waals surface area contributed by atoms with Gasteiger partial charge in [0, 0.05) is 17.1 Å². The fourth-order valence-corrected chi connectivity index (χ4v) is 2.29. The van der Waals surface area contributed by atoms with Crippen LogP contribution in [-0.2, 0) is 0 Å². The number of aliphatic hydroxyl groups is 1. The van der Waals surface area contributed by atoms with Crippen molar-refractivity contribution in [3.63, 3.8) is 0 Å². The summed E-state index contributed by atoms with van der Waals surface area (Å²) in [4.78, 5) is 3.11. The molecule has 0 aliphatic carbocycles. The molecule has 3 rings (SSSR count). The standard InChI is InChI=1S/C18H16N2O3/c19-10-13-4-1-2-6-17(13)22-11-14(21)12-23-18-7-3-5-16-15(18)8-9-20-16/h1-9,14,20-21H,11-12H2/t14-/m0/s1. The second kappa shape index (κ2) is 6.86. The van der Waals surface area contributed by atoms with Gasteiger partial charge in [-0.15, -0.1) is 0 Å². The van der Waals surface area contributed by atoms with Crippen molar-refractivity contribution in [2.45, 2.75) is 6.10 Å². The Morgan fingerprint density at radius 3 is 2.57 bits per heavy atom. The monoisotopic (exact) mass is 308 g/mol. The highest BCUT2D eigenvalue weighted by atomic mass is 16.5. The molecule has 0 bridgehead atoms. The third kappa shape index (κ3) is 3.44. The zero-order valence-corrected chi connectivity index (χ0v) is 12.4. The van der Waals surface area contributed by atoms with Crippen molar-refractivity contribution in [3.8, 4) is 17.6 Å². The first-order chi connectivity index (χ1) is 11.3. The van der Waals surface area contributed by atoms with Crippen molar-refractivity contribution in [1.82, 2.24) is 4.98 Å². The topological polar surface area (TPSA) is 78.3 Å². The van der Waals surface area contributed by atoms with Crippen LogP contribution in [0.5, 0.6) is 11.5 Å². The number of nitrogens with one attached hydrogen (secondary N) is 1. The lowest BCUT2D eigenvalue weighted by atomic mass is 10.2. The Hall–Kier alpha value is -2.97. The summed E-state index contributed by atoms with van der Waals surface area (Å²) < 4.78 is 11.2. The first-order valence-corrected chi connectivity index (χ1v) is 7.27. The van der Waals surface area contributed by atoms with E-state index in [4.69, 9.17) is 14.7 Å². The van der Waals surface area contributed by atoms with E-state index in [0.29, 0.717) is 17.1 Å². The van der Waals surface area contributed by atoms with Gasteiger partial charge in [0.15, 0.2) is 0 Å². The number of aromatic nitrogens is 1. The molecule has 2 N–H and O–H groups in total. The second-order valence-corrected chi connectivity index (χ2v) is 5.08. The maximum atomic E-state index is 10.0. The van der Waals surface area contributed by atoms with E-state index in [1.54, 1.807) is 24.3 Å². The number of rotatable bonds is 6. The fraction of sp³-hybridized carbons (Fsp3) is 0.167. The normalized spacial score (nSPS) is 11.8. The van der Waals surface area contributed by atoms with Gasteiger partial charge in [-0.25, -0.2) is 0 Å². The second-order valence-electron chi connectivity index (χ2n) is 5.08. The van der Waals surface area contributed by atoms with Crippen molar-refractivity contribution in [1.29, 1.82) is 5.26 Å². The van der Waals surface area contributed by atoms with Gasteiger partial charge in [0.2, 0.25) is 0 Å². The Balaban J connectivity index is 1.57. The maximum absolute atomic E-state index is 10.0. The summed E-state index contributed by atoms with van der Waals surface area (Å²) in [6, 6.07) is 16.6. The average Bonchev–Trinajstić information content (AvgIpc) is 3.07. The van der Waals surface area contributed by atoms with Gasteiger partial charge in [-0.1, -0.05) is 18.2 Å². The Bertz CT molecular complexity index is 835. The van der Waals surface area contributed by atoms with Gasteiger partial charge in [-0.05, 0) is 30.3 Å². The smallest absolute Gasteiger partial charge is 0.137 e. The molecule has 1 atom stereocenters. The van der Waals surface area contributed by atoms with Crippen molar-refractivity contribution < 1.29 is 14.6 Å². The molecule has 0 radical (unpaired) electrons. The number of aliphatic hydroxyl groups excluding tert-OH is 1. The molecule has 0 aliphatic rings.